The van der Waals surface area contributed by atoms with E-state index in [1.54, 1.807) is 12.1 Å². The fraction of sp³-hybridized carbons (Fsp3) is 0.417. The van der Waals surface area contributed by atoms with Crippen LogP contribution in [-0.2, 0) is 9.53 Å². The van der Waals surface area contributed by atoms with Gasteiger partial charge in [0, 0.05) is 6.54 Å². The second-order valence-corrected chi connectivity index (χ2v) is 3.89. The van der Waals surface area contributed by atoms with Crippen LogP contribution in [0.4, 0.5) is 4.39 Å². The lowest BCUT2D eigenvalue weighted by Gasteiger charge is -2.19. The van der Waals surface area contributed by atoms with Crippen LogP contribution in [-0.4, -0.2) is 38.6 Å². The minimum Gasteiger partial charge on any atom is -0.469 e. The quantitative estimate of drug-likeness (QED) is 0.730. The van der Waals surface area contributed by atoms with Crippen molar-refractivity contribution in [2.75, 3.05) is 27.7 Å². The number of halogens is 1. The van der Waals surface area contributed by atoms with Gasteiger partial charge in [-0.1, -0.05) is 12.1 Å². The number of hydrogen-bond donors (Lipinski definition) is 0. The molecule has 0 amide bonds. The standard InChI is InChI=1S/C12H16FNO2/c1-14(2)8-11(12(15)16-3)9-4-6-10(13)7-5-9/h4-7,11H,8H2,1-3H3. The number of carbonyl (C=O) groups excluding carboxylic acids is 1. The van der Waals surface area contributed by atoms with Crippen LogP contribution >= 0.6 is 0 Å². The number of hydrogen-bond acceptors (Lipinski definition) is 3. The molecular weight excluding hydrogens is 209 g/mol. The summed E-state index contributed by atoms with van der Waals surface area (Å²) in [6.45, 7) is 0.540. The molecule has 1 aromatic carbocycles. The maximum Gasteiger partial charge on any atom is 0.314 e. The Kier molecular flexibility index (Phi) is 4.43. The molecule has 0 heterocycles. The smallest absolute Gasteiger partial charge is 0.314 e. The Balaban J connectivity index is 2.91. The Hall–Kier alpha value is -1.42. The fourth-order valence-corrected chi connectivity index (χ4v) is 1.52. The highest BCUT2D eigenvalue weighted by Crippen LogP contribution is 2.18. The van der Waals surface area contributed by atoms with Crippen LogP contribution in [0.2, 0.25) is 0 Å². The summed E-state index contributed by atoms with van der Waals surface area (Å²) < 4.78 is 17.5. The van der Waals surface area contributed by atoms with E-state index >= 15 is 0 Å². The predicted octanol–water partition coefficient (Wildman–Crippen LogP) is 1.64. The monoisotopic (exact) mass is 225 g/mol. The Morgan fingerprint density at radius 3 is 2.38 bits per heavy atom. The summed E-state index contributed by atoms with van der Waals surface area (Å²) in [7, 11) is 5.10. The maximum atomic E-state index is 12.8. The molecule has 0 aliphatic heterocycles. The molecule has 88 valence electrons. The number of likely N-dealkylation sites (N-methyl/N-ethyl adjacent to an activating group) is 1. The van der Waals surface area contributed by atoms with Gasteiger partial charge >= 0.3 is 5.97 Å². The average molecular weight is 225 g/mol. The first kappa shape index (κ1) is 12.6. The van der Waals surface area contributed by atoms with E-state index in [4.69, 9.17) is 4.74 Å². The average Bonchev–Trinajstić information content (AvgIpc) is 2.26. The van der Waals surface area contributed by atoms with Crippen LogP contribution in [0.3, 0.4) is 0 Å². The lowest BCUT2D eigenvalue weighted by Crippen LogP contribution is -2.27. The normalized spacial score (nSPS) is 12.6. The van der Waals surface area contributed by atoms with Gasteiger partial charge in [-0.05, 0) is 31.8 Å². The number of esters is 1. The molecule has 0 fully saturated rings. The fourth-order valence-electron chi connectivity index (χ4n) is 1.52. The third-order valence-electron chi connectivity index (χ3n) is 2.31. The summed E-state index contributed by atoms with van der Waals surface area (Å²) in [6, 6.07) is 5.92. The zero-order valence-corrected chi connectivity index (χ0v) is 9.74. The highest BCUT2D eigenvalue weighted by atomic mass is 19.1. The molecule has 0 N–H and O–H groups in total. The summed E-state index contributed by atoms with van der Waals surface area (Å²) in [4.78, 5) is 13.5. The van der Waals surface area contributed by atoms with Crippen LogP contribution in [0.5, 0.6) is 0 Å². The molecule has 1 rings (SSSR count). The minimum absolute atomic E-state index is 0.305. The number of ether oxygens (including phenoxy) is 1. The Morgan fingerprint density at radius 2 is 1.94 bits per heavy atom. The van der Waals surface area contributed by atoms with Crippen molar-refractivity contribution in [1.29, 1.82) is 0 Å². The van der Waals surface area contributed by atoms with Crippen molar-refractivity contribution >= 4 is 5.97 Å². The van der Waals surface area contributed by atoms with E-state index in [1.165, 1.54) is 19.2 Å². The Labute approximate surface area is 94.8 Å². The summed E-state index contributed by atoms with van der Waals surface area (Å²) in [5.41, 5.74) is 0.766. The number of rotatable bonds is 4. The molecular formula is C12H16FNO2. The lowest BCUT2D eigenvalue weighted by molar-refractivity contribution is -0.142. The summed E-state index contributed by atoms with van der Waals surface area (Å²) >= 11 is 0. The highest BCUT2D eigenvalue weighted by Gasteiger charge is 2.21. The second kappa shape index (κ2) is 5.61. The minimum atomic E-state index is -0.374. The van der Waals surface area contributed by atoms with Crippen LogP contribution in [0, 0.1) is 5.82 Å². The number of benzene rings is 1. The first-order valence-corrected chi connectivity index (χ1v) is 5.02. The summed E-state index contributed by atoms with van der Waals surface area (Å²) in [6.07, 6.45) is 0. The van der Waals surface area contributed by atoms with Gasteiger partial charge in [0.05, 0.1) is 13.0 Å². The maximum absolute atomic E-state index is 12.8. The molecule has 0 aliphatic rings. The van der Waals surface area contributed by atoms with Crippen molar-refractivity contribution < 1.29 is 13.9 Å². The van der Waals surface area contributed by atoms with Crippen LogP contribution in [0.15, 0.2) is 24.3 Å². The van der Waals surface area contributed by atoms with Gasteiger partial charge in [0.2, 0.25) is 0 Å². The van der Waals surface area contributed by atoms with E-state index in [-0.39, 0.29) is 17.7 Å². The molecule has 0 saturated heterocycles. The molecule has 1 unspecified atom stereocenters. The van der Waals surface area contributed by atoms with Gasteiger partial charge < -0.3 is 9.64 Å². The van der Waals surface area contributed by atoms with E-state index in [9.17, 15) is 9.18 Å². The van der Waals surface area contributed by atoms with Gasteiger partial charge in [0.1, 0.15) is 5.82 Å². The Bertz CT molecular complexity index is 349. The molecule has 0 saturated carbocycles. The molecule has 1 aromatic rings. The number of methoxy groups -OCH3 is 1. The topological polar surface area (TPSA) is 29.5 Å². The SMILES string of the molecule is COC(=O)C(CN(C)C)c1ccc(F)cc1. The third-order valence-corrected chi connectivity index (χ3v) is 2.31. The van der Waals surface area contributed by atoms with Crippen molar-refractivity contribution in [3.8, 4) is 0 Å². The van der Waals surface area contributed by atoms with Crippen LogP contribution < -0.4 is 0 Å². The Morgan fingerprint density at radius 1 is 1.38 bits per heavy atom. The van der Waals surface area contributed by atoms with E-state index in [2.05, 4.69) is 0 Å². The van der Waals surface area contributed by atoms with Gasteiger partial charge in [-0.25, -0.2) is 4.39 Å². The van der Waals surface area contributed by atoms with Crippen molar-refractivity contribution in [1.82, 2.24) is 4.90 Å². The molecule has 0 aromatic heterocycles. The summed E-state index contributed by atoms with van der Waals surface area (Å²) in [5, 5.41) is 0. The van der Waals surface area contributed by atoms with Crippen molar-refractivity contribution in [2.45, 2.75) is 5.92 Å². The van der Waals surface area contributed by atoms with Crippen LogP contribution in [0.1, 0.15) is 11.5 Å². The molecule has 0 aliphatic carbocycles. The molecule has 16 heavy (non-hydrogen) atoms. The highest BCUT2D eigenvalue weighted by molar-refractivity contribution is 5.78. The van der Waals surface area contributed by atoms with Gasteiger partial charge in [-0.15, -0.1) is 0 Å². The van der Waals surface area contributed by atoms with E-state index in [1.807, 2.05) is 19.0 Å². The van der Waals surface area contributed by atoms with E-state index < -0.39 is 0 Å². The van der Waals surface area contributed by atoms with Crippen molar-refractivity contribution in [2.24, 2.45) is 0 Å². The molecule has 1 atom stereocenters. The van der Waals surface area contributed by atoms with Crippen LogP contribution in [0.25, 0.3) is 0 Å². The first-order chi connectivity index (χ1) is 7.54. The molecule has 0 radical (unpaired) electrons. The zero-order valence-electron chi connectivity index (χ0n) is 9.74. The molecule has 0 spiro atoms. The van der Waals surface area contributed by atoms with Gasteiger partial charge in [0.25, 0.3) is 0 Å². The first-order valence-electron chi connectivity index (χ1n) is 5.02. The number of carbonyl (C=O) groups is 1. The predicted molar refractivity (Wildman–Crippen MR) is 59.7 cm³/mol. The van der Waals surface area contributed by atoms with Gasteiger partial charge in [-0.3, -0.25) is 4.79 Å². The van der Waals surface area contributed by atoms with Crippen molar-refractivity contribution in [3.05, 3.63) is 35.6 Å². The largest absolute Gasteiger partial charge is 0.469 e. The number of nitrogens with zero attached hydrogens (tertiary/aromatic N) is 1. The van der Waals surface area contributed by atoms with Crippen molar-refractivity contribution in [3.63, 3.8) is 0 Å². The molecule has 0 bridgehead atoms. The van der Waals surface area contributed by atoms with E-state index in [0.717, 1.165) is 5.56 Å². The van der Waals surface area contributed by atoms with Gasteiger partial charge in [0.15, 0.2) is 0 Å². The summed E-state index contributed by atoms with van der Waals surface area (Å²) in [5.74, 6) is -0.988. The molecule has 3 nitrogen and oxygen atoms in total. The zero-order chi connectivity index (χ0) is 12.1. The lowest BCUT2D eigenvalue weighted by atomic mass is 9.99. The van der Waals surface area contributed by atoms with Gasteiger partial charge in [-0.2, -0.15) is 0 Å². The molecule has 4 heteroatoms. The third kappa shape index (κ3) is 3.31. The second-order valence-electron chi connectivity index (χ2n) is 3.89. The van der Waals surface area contributed by atoms with E-state index in [0.29, 0.717) is 6.54 Å².